The second kappa shape index (κ2) is 8.73. The molecule has 29 heavy (non-hydrogen) atoms. The molecule has 8 heteroatoms. The standard InChI is InChI=1S/C21H25NO7/c1-25-16-4-2-3-5-17(16)29-19-13-27-18-12-14(6-7-15(18)20(19)23)28-21(24)22-8-10-26-11-9-22/h2-5,13-15,18H,6-12H2,1H3. The van der Waals surface area contributed by atoms with E-state index >= 15 is 0 Å². The maximum atomic E-state index is 12.9. The highest BCUT2D eigenvalue weighted by molar-refractivity contribution is 5.96. The predicted molar refractivity (Wildman–Crippen MR) is 102 cm³/mol. The van der Waals surface area contributed by atoms with Crippen LogP contribution in [0.5, 0.6) is 11.5 Å². The molecule has 0 spiro atoms. The van der Waals surface area contributed by atoms with Crippen LogP contribution in [0.3, 0.4) is 0 Å². The molecule has 2 heterocycles. The van der Waals surface area contributed by atoms with Gasteiger partial charge < -0.3 is 28.6 Å². The fraction of sp³-hybridized carbons (Fsp3) is 0.524. The summed E-state index contributed by atoms with van der Waals surface area (Å²) in [6, 6.07) is 7.14. The van der Waals surface area contributed by atoms with E-state index in [1.165, 1.54) is 6.26 Å². The van der Waals surface area contributed by atoms with Crippen molar-refractivity contribution in [3.05, 3.63) is 36.3 Å². The van der Waals surface area contributed by atoms with Crippen LogP contribution in [0.2, 0.25) is 0 Å². The number of benzene rings is 1. The van der Waals surface area contributed by atoms with Crippen molar-refractivity contribution in [2.24, 2.45) is 5.92 Å². The van der Waals surface area contributed by atoms with Crippen LogP contribution in [0.25, 0.3) is 0 Å². The number of fused-ring (bicyclic) bond motifs is 1. The Hall–Kier alpha value is -2.74. The summed E-state index contributed by atoms with van der Waals surface area (Å²) in [5.74, 6) is 0.777. The van der Waals surface area contributed by atoms with Crippen molar-refractivity contribution in [3.63, 3.8) is 0 Å². The topological polar surface area (TPSA) is 83.5 Å². The number of amides is 1. The Bertz CT molecular complexity index is 787. The van der Waals surface area contributed by atoms with E-state index in [0.29, 0.717) is 57.1 Å². The van der Waals surface area contributed by atoms with Gasteiger partial charge in [0, 0.05) is 19.5 Å². The summed E-state index contributed by atoms with van der Waals surface area (Å²) >= 11 is 0. The Morgan fingerprint density at radius 2 is 1.90 bits per heavy atom. The van der Waals surface area contributed by atoms with Crippen LogP contribution in [0.1, 0.15) is 19.3 Å². The molecule has 0 aromatic heterocycles. The summed E-state index contributed by atoms with van der Waals surface area (Å²) in [7, 11) is 1.55. The quantitative estimate of drug-likeness (QED) is 0.764. The van der Waals surface area contributed by atoms with Gasteiger partial charge in [-0.2, -0.15) is 0 Å². The Balaban J connectivity index is 1.36. The Morgan fingerprint density at radius 3 is 2.66 bits per heavy atom. The Morgan fingerprint density at radius 1 is 1.14 bits per heavy atom. The van der Waals surface area contributed by atoms with E-state index in [0.717, 1.165) is 0 Å². The molecular formula is C21H25NO7. The first-order chi connectivity index (χ1) is 14.2. The lowest BCUT2D eigenvalue weighted by Crippen LogP contribution is -2.46. The maximum Gasteiger partial charge on any atom is 0.410 e. The fourth-order valence-electron chi connectivity index (χ4n) is 3.90. The smallest absolute Gasteiger partial charge is 0.410 e. The molecule has 1 aromatic rings. The highest BCUT2D eigenvalue weighted by atomic mass is 16.6. The van der Waals surface area contributed by atoms with Crippen molar-refractivity contribution < 1.29 is 33.3 Å². The average molecular weight is 403 g/mol. The van der Waals surface area contributed by atoms with Gasteiger partial charge in [0.2, 0.25) is 11.5 Å². The number of methoxy groups -OCH3 is 1. The van der Waals surface area contributed by atoms with Gasteiger partial charge in [0.25, 0.3) is 0 Å². The van der Waals surface area contributed by atoms with Crippen LogP contribution >= 0.6 is 0 Å². The molecule has 1 aliphatic carbocycles. The Labute approximate surface area is 169 Å². The van der Waals surface area contributed by atoms with Gasteiger partial charge in [0.15, 0.2) is 11.5 Å². The van der Waals surface area contributed by atoms with Crippen molar-refractivity contribution in [2.45, 2.75) is 31.5 Å². The number of morpholine rings is 1. The molecule has 8 nitrogen and oxygen atoms in total. The summed E-state index contributed by atoms with van der Waals surface area (Å²) in [4.78, 5) is 26.9. The minimum Gasteiger partial charge on any atom is -0.493 e. The lowest BCUT2D eigenvalue weighted by atomic mass is 9.80. The molecule has 0 N–H and O–H groups in total. The number of rotatable bonds is 4. The molecular weight excluding hydrogens is 378 g/mol. The zero-order valence-corrected chi connectivity index (χ0v) is 16.4. The third-order valence-corrected chi connectivity index (χ3v) is 5.50. The number of carbonyl (C=O) groups excluding carboxylic acids is 2. The molecule has 3 aliphatic rings. The maximum absolute atomic E-state index is 12.9. The van der Waals surface area contributed by atoms with E-state index in [1.54, 1.807) is 24.1 Å². The Kier molecular flexibility index (Phi) is 5.89. The van der Waals surface area contributed by atoms with Gasteiger partial charge in [0.05, 0.1) is 26.2 Å². The number of para-hydroxylation sites is 2. The number of allylic oxidation sites excluding steroid dienone is 1. The van der Waals surface area contributed by atoms with Crippen LogP contribution in [0.15, 0.2) is 36.3 Å². The lowest BCUT2D eigenvalue weighted by molar-refractivity contribution is -0.132. The molecule has 2 aliphatic heterocycles. The van der Waals surface area contributed by atoms with Gasteiger partial charge in [-0.15, -0.1) is 0 Å². The zero-order chi connectivity index (χ0) is 20.2. The number of hydrogen-bond acceptors (Lipinski definition) is 7. The first-order valence-corrected chi connectivity index (χ1v) is 9.89. The van der Waals surface area contributed by atoms with Crippen LogP contribution in [0.4, 0.5) is 4.79 Å². The number of hydrogen-bond donors (Lipinski definition) is 0. The zero-order valence-electron chi connectivity index (χ0n) is 16.4. The molecule has 1 saturated heterocycles. The van der Waals surface area contributed by atoms with Gasteiger partial charge in [0.1, 0.15) is 18.5 Å². The highest BCUT2D eigenvalue weighted by Crippen LogP contribution is 2.36. The van der Waals surface area contributed by atoms with Crippen molar-refractivity contribution in [1.82, 2.24) is 4.90 Å². The van der Waals surface area contributed by atoms with Gasteiger partial charge in [-0.25, -0.2) is 4.79 Å². The van der Waals surface area contributed by atoms with Crippen molar-refractivity contribution in [2.75, 3.05) is 33.4 Å². The fourth-order valence-corrected chi connectivity index (χ4v) is 3.90. The van der Waals surface area contributed by atoms with E-state index in [4.69, 9.17) is 23.7 Å². The summed E-state index contributed by atoms with van der Waals surface area (Å²) in [6.07, 6.45) is 2.15. The third kappa shape index (κ3) is 4.32. The number of ether oxygens (including phenoxy) is 5. The third-order valence-electron chi connectivity index (χ3n) is 5.50. The molecule has 0 bridgehead atoms. The number of ketones is 1. The van der Waals surface area contributed by atoms with E-state index < -0.39 is 0 Å². The molecule has 3 unspecified atom stereocenters. The molecule has 4 rings (SSSR count). The van der Waals surface area contributed by atoms with E-state index in [9.17, 15) is 9.59 Å². The van der Waals surface area contributed by atoms with Gasteiger partial charge in [-0.05, 0) is 25.0 Å². The summed E-state index contributed by atoms with van der Waals surface area (Å²) < 4.78 is 27.7. The normalized spacial score (nSPS) is 26.7. The average Bonchev–Trinajstić information content (AvgIpc) is 2.76. The van der Waals surface area contributed by atoms with E-state index in [1.807, 2.05) is 12.1 Å². The van der Waals surface area contributed by atoms with Crippen molar-refractivity contribution >= 4 is 11.9 Å². The van der Waals surface area contributed by atoms with E-state index in [2.05, 4.69) is 0 Å². The van der Waals surface area contributed by atoms with Gasteiger partial charge >= 0.3 is 6.09 Å². The molecule has 3 atom stereocenters. The second-order valence-electron chi connectivity index (χ2n) is 7.30. The van der Waals surface area contributed by atoms with Crippen molar-refractivity contribution in [1.29, 1.82) is 0 Å². The van der Waals surface area contributed by atoms with Gasteiger partial charge in [-0.3, -0.25) is 4.79 Å². The summed E-state index contributed by atoms with van der Waals surface area (Å²) in [6.45, 7) is 2.14. The molecule has 1 amide bonds. The lowest BCUT2D eigenvalue weighted by Gasteiger charge is -2.37. The minimum atomic E-state index is -0.324. The van der Waals surface area contributed by atoms with Crippen LogP contribution in [-0.2, 0) is 19.0 Å². The number of Topliss-reactive ketones (excluding diaryl/α,β-unsaturated/α-hetero) is 1. The second-order valence-corrected chi connectivity index (χ2v) is 7.30. The molecule has 1 saturated carbocycles. The summed E-state index contributed by atoms with van der Waals surface area (Å²) in [5, 5.41) is 0. The van der Waals surface area contributed by atoms with Crippen LogP contribution in [0, 0.1) is 5.92 Å². The SMILES string of the molecule is COc1ccccc1OC1=COC2CC(OC(=O)N3CCOCC3)CCC2C1=O. The number of nitrogens with zero attached hydrogens (tertiary/aromatic N) is 1. The molecule has 2 fully saturated rings. The molecule has 0 radical (unpaired) electrons. The first-order valence-electron chi connectivity index (χ1n) is 9.89. The summed E-state index contributed by atoms with van der Waals surface area (Å²) in [5.41, 5.74) is 0. The monoisotopic (exact) mass is 403 g/mol. The minimum absolute atomic E-state index is 0.0925. The number of carbonyl (C=O) groups is 2. The van der Waals surface area contributed by atoms with Crippen LogP contribution in [-0.4, -0.2) is 62.4 Å². The van der Waals surface area contributed by atoms with E-state index in [-0.39, 0.29) is 35.8 Å². The largest absolute Gasteiger partial charge is 0.493 e. The predicted octanol–water partition coefficient (Wildman–Crippen LogP) is 2.52. The molecule has 1 aromatic carbocycles. The van der Waals surface area contributed by atoms with Gasteiger partial charge in [-0.1, -0.05) is 12.1 Å². The molecule has 156 valence electrons. The van der Waals surface area contributed by atoms with Crippen LogP contribution < -0.4 is 9.47 Å². The van der Waals surface area contributed by atoms with Crippen molar-refractivity contribution in [3.8, 4) is 11.5 Å². The highest BCUT2D eigenvalue weighted by Gasteiger charge is 2.42. The first kappa shape index (κ1) is 19.6.